The second-order valence-electron chi connectivity index (χ2n) is 3.65. The van der Waals surface area contributed by atoms with E-state index >= 15 is 0 Å². The largest absolute Gasteiger partial charge is 0.391 e. The smallest absolute Gasteiger partial charge is 0.239 e. The third-order valence-corrected chi connectivity index (χ3v) is 1.76. The van der Waals surface area contributed by atoms with Crippen LogP contribution in [-0.4, -0.2) is 36.8 Å². The van der Waals surface area contributed by atoms with Crippen molar-refractivity contribution in [2.75, 3.05) is 13.6 Å². The Bertz CT molecular complexity index is 158. The molecule has 3 N–H and O–H groups in total. The third kappa shape index (κ3) is 4.85. The van der Waals surface area contributed by atoms with E-state index < -0.39 is 12.1 Å². The maximum atomic E-state index is 11.4. The molecule has 0 aromatic rings. The van der Waals surface area contributed by atoms with Gasteiger partial charge in [0.25, 0.3) is 0 Å². The van der Waals surface area contributed by atoms with Gasteiger partial charge in [-0.2, -0.15) is 0 Å². The van der Waals surface area contributed by atoms with Crippen LogP contribution in [-0.2, 0) is 4.79 Å². The van der Waals surface area contributed by atoms with Crippen molar-refractivity contribution in [3.05, 3.63) is 0 Å². The van der Waals surface area contributed by atoms with E-state index in [1.54, 1.807) is 14.0 Å². The van der Waals surface area contributed by atoms with Crippen molar-refractivity contribution in [1.82, 2.24) is 10.6 Å². The molecule has 4 heteroatoms. The summed E-state index contributed by atoms with van der Waals surface area (Å²) in [4.78, 5) is 11.4. The first-order chi connectivity index (χ1) is 5.99. The zero-order valence-corrected chi connectivity index (χ0v) is 8.79. The lowest BCUT2D eigenvalue weighted by Gasteiger charge is -2.19. The lowest BCUT2D eigenvalue weighted by Crippen LogP contribution is -2.49. The highest BCUT2D eigenvalue weighted by Gasteiger charge is 2.20. The number of likely N-dealkylation sites (N-methyl/N-ethyl adjacent to an activating group) is 1. The van der Waals surface area contributed by atoms with Gasteiger partial charge in [-0.05, 0) is 19.9 Å². The summed E-state index contributed by atoms with van der Waals surface area (Å²) in [5.74, 6) is 0.279. The van der Waals surface area contributed by atoms with Crippen LogP contribution in [0.25, 0.3) is 0 Å². The molecule has 0 radical (unpaired) electrons. The van der Waals surface area contributed by atoms with Crippen LogP contribution < -0.4 is 10.6 Å². The van der Waals surface area contributed by atoms with Gasteiger partial charge in [0.15, 0.2) is 0 Å². The minimum absolute atomic E-state index is 0.147. The van der Waals surface area contributed by atoms with E-state index in [4.69, 9.17) is 0 Å². The van der Waals surface area contributed by atoms with Crippen LogP contribution in [0.2, 0.25) is 0 Å². The van der Waals surface area contributed by atoms with Crippen molar-refractivity contribution in [1.29, 1.82) is 0 Å². The fraction of sp³-hybridized carbons (Fsp3) is 0.889. The lowest BCUT2D eigenvalue weighted by molar-refractivity contribution is -0.125. The Morgan fingerprint density at radius 1 is 1.38 bits per heavy atom. The molecule has 1 amide bonds. The van der Waals surface area contributed by atoms with E-state index in [2.05, 4.69) is 10.6 Å². The zero-order chi connectivity index (χ0) is 10.4. The zero-order valence-electron chi connectivity index (χ0n) is 8.79. The molecule has 4 nitrogen and oxygen atoms in total. The molecule has 0 aliphatic heterocycles. The molecule has 0 fully saturated rings. The maximum absolute atomic E-state index is 11.4. The van der Waals surface area contributed by atoms with Gasteiger partial charge in [0, 0.05) is 6.54 Å². The number of aliphatic hydroxyl groups excluding tert-OH is 1. The fourth-order valence-electron chi connectivity index (χ4n) is 1.01. The van der Waals surface area contributed by atoms with E-state index in [0.717, 1.165) is 0 Å². The van der Waals surface area contributed by atoms with Crippen LogP contribution in [0.4, 0.5) is 0 Å². The number of aliphatic hydroxyl groups is 1. The maximum Gasteiger partial charge on any atom is 0.239 e. The van der Waals surface area contributed by atoms with E-state index in [0.29, 0.717) is 12.5 Å². The van der Waals surface area contributed by atoms with Crippen molar-refractivity contribution < 1.29 is 9.90 Å². The van der Waals surface area contributed by atoms with Gasteiger partial charge in [-0.25, -0.2) is 0 Å². The standard InChI is InChI=1S/C9H20N2O2/c1-6(2)5-11-9(13)8(10-4)7(3)12/h6-8,10,12H,5H2,1-4H3,(H,11,13)/t7-,8+/m1/s1. The molecule has 0 saturated heterocycles. The first-order valence-electron chi connectivity index (χ1n) is 4.62. The molecule has 0 aromatic heterocycles. The fourth-order valence-corrected chi connectivity index (χ4v) is 1.01. The normalized spacial score (nSPS) is 15.5. The van der Waals surface area contributed by atoms with Crippen molar-refractivity contribution in [2.24, 2.45) is 5.92 Å². The van der Waals surface area contributed by atoms with Gasteiger partial charge in [-0.1, -0.05) is 13.8 Å². The number of carbonyl (C=O) groups excluding carboxylic acids is 1. The predicted molar refractivity (Wildman–Crippen MR) is 52.4 cm³/mol. The number of amides is 1. The summed E-state index contributed by atoms with van der Waals surface area (Å²) in [6.45, 7) is 6.29. The molecule has 0 unspecified atom stereocenters. The summed E-state index contributed by atoms with van der Waals surface area (Å²) in [5.41, 5.74) is 0. The molecule has 0 heterocycles. The molecule has 0 rings (SSSR count). The number of hydrogen-bond acceptors (Lipinski definition) is 3. The highest BCUT2D eigenvalue weighted by molar-refractivity contribution is 5.82. The van der Waals surface area contributed by atoms with Gasteiger partial charge in [-0.3, -0.25) is 4.79 Å². The summed E-state index contributed by atoms with van der Waals surface area (Å²) >= 11 is 0. The molecule has 0 aromatic carbocycles. The molecule has 78 valence electrons. The molecule has 0 saturated carbocycles. The van der Waals surface area contributed by atoms with Crippen LogP contribution in [0.1, 0.15) is 20.8 Å². The average Bonchev–Trinajstić information content (AvgIpc) is 2.01. The van der Waals surface area contributed by atoms with Gasteiger partial charge >= 0.3 is 0 Å². The Morgan fingerprint density at radius 2 is 1.92 bits per heavy atom. The molecule has 0 aliphatic carbocycles. The van der Waals surface area contributed by atoms with Gasteiger partial charge in [0.1, 0.15) is 6.04 Å². The Kier molecular flexibility index (Phi) is 5.66. The Morgan fingerprint density at radius 3 is 2.23 bits per heavy atom. The minimum atomic E-state index is -0.669. The van der Waals surface area contributed by atoms with Crippen LogP contribution in [0.15, 0.2) is 0 Å². The highest BCUT2D eigenvalue weighted by atomic mass is 16.3. The lowest BCUT2D eigenvalue weighted by atomic mass is 10.1. The molecule has 13 heavy (non-hydrogen) atoms. The monoisotopic (exact) mass is 188 g/mol. The van der Waals surface area contributed by atoms with Crippen molar-refractivity contribution >= 4 is 5.91 Å². The molecular formula is C9H20N2O2. The van der Waals surface area contributed by atoms with Crippen LogP contribution in [0.3, 0.4) is 0 Å². The van der Waals surface area contributed by atoms with Crippen LogP contribution in [0, 0.1) is 5.92 Å². The summed E-state index contributed by atoms with van der Waals surface area (Å²) in [5, 5.41) is 14.7. The topological polar surface area (TPSA) is 61.4 Å². The summed E-state index contributed by atoms with van der Waals surface area (Å²) in [6.07, 6.45) is -0.669. The number of carbonyl (C=O) groups is 1. The first kappa shape index (κ1) is 12.4. The van der Waals surface area contributed by atoms with Gasteiger partial charge < -0.3 is 15.7 Å². The van der Waals surface area contributed by atoms with E-state index in [9.17, 15) is 9.90 Å². The van der Waals surface area contributed by atoms with Crippen molar-refractivity contribution in [3.8, 4) is 0 Å². The van der Waals surface area contributed by atoms with E-state index in [1.165, 1.54) is 0 Å². The minimum Gasteiger partial charge on any atom is -0.391 e. The summed E-state index contributed by atoms with van der Waals surface area (Å²) in [7, 11) is 1.66. The van der Waals surface area contributed by atoms with Gasteiger partial charge in [0.05, 0.1) is 6.10 Å². The quantitative estimate of drug-likeness (QED) is 0.556. The molecule has 0 bridgehead atoms. The van der Waals surface area contributed by atoms with Gasteiger partial charge in [0.2, 0.25) is 5.91 Å². The second kappa shape index (κ2) is 5.94. The molecular weight excluding hydrogens is 168 g/mol. The molecule has 2 atom stereocenters. The second-order valence-corrected chi connectivity index (χ2v) is 3.65. The first-order valence-corrected chi connectivity index (χ1v) is 4.62. The number of rotatable bonds is 5. The Labute approximate surface area is 79.7 Å². The van der Waals surface area contributed by atoms with Crippen LogP contribution in [0.5, 0.6) is 0 Å². The summed E-state index contributed by atoms with van der Waals surface area (Å²) < 4.78 is 0. The molecule has 0 aliphatic rings. The Balaban J connectivity index is 3.92. The number of nitrogens with one attached hydrogen (secondary N) is 2. The predicted octanol–water partition coefficient (Wildman–Crippen LogP) is -0.273. The average molecular weight is 188 g/mol. The molecule has 0 spiro atoms. The SMILES string of the molecule is CN[C@H](C(=O)NCC(C)C)[C@@H](C)O. The summed E-state index contributed by atoms with van der Waals surface area (Å²) in [6, 6.07) is -0.515. The highest BCUT2D eigenvalue weighted by Crippen LogP contribution is 1.93. The van der Waals surface area contributed by atoms with Gasteiger partial charge in [-0.15, -0.1) is 0 Å². The van der Waals surface area contributed by atoms with E-state index in [1.807, 2.05) is 13.8 Å². The van der Waals surface area contributed by atoms with Crippen molar-refractivity contribution in [3.63, 3.8) is 0 Å². The van der Waals surface area contributed by atoms with Crippen molar-refractivity contribution in [2.45, 2.75) is 32.9 Å². The van der Waals surface area contributed by atoms with Crippen LogP contribution >= 0.6 is 0 Å². The third-order valence-electron chi connectivity index (χ3n) is 1.76. The van der Waals surface area contributed by atoms with E-state index in [-0.39, 0.29) is 5.91 Å². The number of hydrogen-bond donors (Lipinski definition) is 3. The Hall–Kier alpha value is -0.610.